The number of halogens is 1. The third-order valence-electron chi connectivity index (χ3n) is 4.39. The molecule has 1 nitrogen and oxygen atoms in total. The molecule has 2 rings (SSSR count). The van der Waals surface area contributed by atoms with Crippen molar-refractivity contribution in [2.24, 2.45) is 0 Å². The first-order chi connectivity index (χ1) is 7.92. The Labute approximate surface area is 109 Å². The van der Waals surface area contributed by atoms with Crippen LogP contribution in [0.4, 0.5) is 0 Å². The summed E-state index contributed by atoms with van der Waals surface area (Å²) in [6.07, 6.45) is 14.6. The van der Waals surface area contributed by atoms with Crippen molar-refractivity contribution in [1.82, 2.24) is 4.90 Å². The van der Waals surface area contributed by atoms with Gasteiger partial charge in [0.05, 0.1) is 0 Å². The predicted molar refractivity (Wildman–Crippen MR) is 74.2 cm³/mol. The molecule has 0 heterocycles. The van der Waals surface area contributed by atoms with E-state index in [1.54, 1.807) is 0 Å². The monoisotopic (exact) mass is 287 g/mol. The molecule has 0 aromatic rings. The number of nitrogens with zero attached hydrogens (tertiary/aromatic N) is 1. The lowest BCUT2D eigenvalue weighted by atomic mass is 9.89. The van der Waals surface area contributed by atoms with Crippen LogP contribution in [-0.4, -0.2) is 28.9 Å². The number of alkyl halides is 1. The fraction of sp³-hybridized carbons (Fsp3) is 1.00. The third kappa shape index (κ3) is 3.46. The van der Waals surface area contributed by atoms with Crippen LogP contribution in [0.1, 0.15) is 64.2 Å². The SMILES string of the molecule is BrCCCN(C1CCCCCC1)C1CCC1. The zero-order valence-electron chi connectivity index (χ0n) is 10.5. The summed E-state index contributed by atoms with van der Waals surface area (Å²) in [4.78, 5) is 2.87. The topological polar surface area (TPSA) is 3.24 Å². The quantitative estimate of drug-likeness (QED) is 0.537. The van der Waals surface area contributed by atoms with Gasteiger partial charge in [0.2, 0.25) is 0 Å². The van der Waals surface area contributed by atoms with E-state index < -0.39 is 0 Å². The first-order valence-corrected chi connectivity index (χ1v) is 8.35. The third-order valence-corrected chi connectivity index (χ3v) is 4.95. The number of hydrogen-bond donors (Lipinski definition) is 0. The van der Waals surface area contributed by atoms with Gasteiger partial charge in [0.25, 0.3) is 0 Å². The summed E-state index contributed by atoms with van der Waals surface area (Å²) in [6.45, 7) is 1.33. The van der Waals surface area contributed by atoms with Gasteiger partial charge < -0.3 is 0 Å². The van der Waals surface area contributed by atoms with Gasteiger partial charge >= 0.3 is 0 Å². The van der Waals surface area contributed by atoms with E-state index in [0.717, 1.165) is 12.1 Å². The van der Waals surface area contributed by atoms with Gasteiger partial charge in [-0.25, -0.2) is 0 Å². The fourth-order valence-electron chi connectivity index (χ4n) is 3.21. The summed E-state index contributed by atoms with van der Waals surface area (Å²) < 4.78 is 0. The molecule has 0 N–H and O–H groups in total. The molecule has 0 amide bonds. The van der Waals surface area contributed by atoms with Crippen LogP contribution in [0.5, 0.6) is 0 Å². The predicted octanol–water partition coefficient (Wildman–Crippen LogP) is 4.35. The summed E-state index contributed by atoms with van der Waals surface area (Å²) >= 11 is 3.58. The molecule has 0 atom stereocenters. The van der Waals surface area contributed by atoms with Crippen LogP contribution in [0.3, 0.4) is 0 Å². The molecule has 2 saturated carbocycles. The second-order valence-electron chi connectivity index (χ2n) is 5.51. The Kier molecular flexibility index (Phi) is 5.64. The average Bonchev–Trinajstić information content (AvgIpc) is 2.49. The summed E-state index contributed by atoms with van der Waals surface area (Å²) in [7, 11) is 0. The molecular formula is C14H26BrN. The molecule has 0 radical (unpaired) electrons. The van der Waals surface area contributed by atoms with Crippen molar-refractivity contribution in [3.05, 3.63) is 0 Å². The van der Waals surface area contributed by atoms with Crippen LogP contribution in [-0.2, 0) is 0 Å². The first kappa shape index (κ1) is 12.9. The summed E-state index contributed by atoms with van der Waals surface area (Å²) in [6, 6.07) is 1.87. The van der Waals surface area contributed by atoms with Crippen molar-refractivity contribution >= 4 is 15.9 Å². The minimum atomic E-state index is 0.923. The van der Waals surface area contributed by atoms with Crippen molar-refractivity contribution in [2.45, 2.75) is 76.3 Å². The molecule has 94 valence electrons. The van der Waals surface area contributed by atoms with E-state index in [2.05, 4.69) is 20.8 Å². The molecule has 0 unspecified atom stereocenters. The Morgan fingerprint density at radius 2 is 1.38 bits per heavy atom. The van der Waals surface area contributed by atoms with Crippen LogP contribution >= 0.6 is 15.9 Å². The van der Waals surface area contributed by atoms with Crippen molar-refractivity contribution < 1.29 is 0 Å². The van der Waals surface area contributed by atoms with E-state index >= 15 is 0 Å². The highest BCUT2D eigenvalue weighted by atomic mass is 79.9. The van der Waals surface area contributed by atoms with E-state index in [1.165, 1.54) is 76.1 Å². The maximum atomic E-state index is 3.58. The van der Waals surface area contributed by atoms with Crippen LogP contribution < -0.4 is 0 Å². The number of hydrogen-bond acceptors (Lipinski definition) is 1. The molecule has 0 aliphatic heterocycles. The molecular weight excluding hydrogens is 262 g/mol. The molecule has 2 aliphatic carbocycles. The maximum Gasteiger partial charge on any atom is 0.00982 e. The second kappa shape index (κ2) is 7.00. The molecule has 2 fully saturated rings. The number of rotatable bonds is 5. The Balaban J connectivity index is 1.86. The highest BCUT2D eigenvalue weighted by Crippen LogP contribution is 2.31. The van der Waals surface area contributed by atoms with Crippen LogP contribution in [0.25, 0.3) is 0 Å². The van der Waals surface area contributed by atoms with Crippen LogP contribution in [0.15, 0.2) is 0 Å². The van der Waals surface area contributed by atoms with Gasteiger partial charge in [0, 0.05) is 17.4 Å². The lowest BCUT2D eigenvalue weighted by Crippen LogP contribution is -2.47. The van der Waals surface area contributed by atoms with Crippen molar-refractivity contribution in [3.63, 3.8) is 0 Å². The van der Waals surface area contributed by atoms with Crippen molar-refractivity contribution in [2.75, 3.05) is 11.9 Å². The molecule has 0 spiro atoms. The fourth-order valence-corrected chi connectivity index (χ4v) is 3.46. The maximum absolute atomic E-state index is 3.58. The Hall–Kier alpha value is 0.440. The zero-order chi connectivity index (χ0) is 11.2. The molecule has 2 aliphatic rings. The minimum absolute atomic E-state index is 0.923. The summed E-state index contributed by atoms with van der Waals surface area (Å²) in [5, 5.41) is 1.17. The average molecular weight is 288 g/mol. The summed E-state index contributed by atoms with van der Waals surface area (Å²) in [5.74, 6) is 0. The Morgan fingerprint density at radius 1 is 0.812 bits per heavy atom. The van der Waals surface area contributed by atoms with Crippen LogP contribution in [0, 0.1) is 0 Å². The van der Waals surface area contributed by atoms with Gasteiger partial charge in [0.1, 0.15) is 0 Å². The molecule has 0 aromatic carbocycles. The van der Waals surface area contributed by atoms with Gasteiger partial charge in [-0.05, 0) is 38.6 Å². The van der Waals surface area contributed by atoms with Gasteiger partial charge in [-0.15, -0.1) is 0 Å². The van der Waals surface area contributed by atoms with Crippen LogP contribution in [0.2, 0.25) is 0 Å². The molecule has 2 heteroatoms. The lowest BCUT2D eigenvalue weighted by Gasteiger charge is -2.42. The van der Waals surface area contributed by atoms with E-state index in [0.29, 0.717) is 0 Å². The normalized spacial score (nSPS) is 24.4. The zero-order valence-corrected chi connectivity index (χ0v) is 12.1. The molecule has 0 bridgehead atoms. The Morgan fingerprint density at radius 3 is 1.81 bits per heavy atom. The van der Waals surface area contributed by atoms with Gasteiger partial charge in [-0.3, -0.25) is 4.90 Å². The van der Waals surface area contributed by atoms with E-state index in [9.17, 15) is 0 Å². The van der Waals surface area contributed by atoms with E-state index in [4.69, 9.17) is 0 Å². The van der Waals surface area contributed by atoms with Gasteiger partial charge in [-0.2, -0.15) is 0 Å². The molecule has 0 saturated heterocycles. The second-order valence-corrected chi connectivity index (χ2v) is 6.30. The van der Waals surface area contributed by atoms with E-state index in [-0.39, 0.29) is 0 Å². The largest absolute Gasteiger partial charge is 0.297 e. The highest BCUT2D eigenvalue weighted by molar-refractivity contribution is 9.09. The van der Waals surface area contributed by atoms with Gasteiger partial charge in [-0.1, -0.05) is 48.0 Å². The first-order valence-electron chi connectivity index (χ1n) is 7.23. The van der Waals surface area contributed by atoms with Crippen molar-refractivity contribution in [1.29, 1.82) is 0 Å². The summed E-state index contributed by atoms with van der Waals surface area (Å²) in [5.41, 5.74) is 0. The van der Waals surface area contributed by atoms with Crippen molar-refractivity contribution in [3.8, 4) is 0 Å². The van der Waals surface area contributed by atoms with Gasteiger partial charge in [0.15, 0.2) is 0 Å². The smallest absolute Gasteiger partial charge is 0.00982 e. The molecule has 16 heavy (non-hydrogen) atoms. The Bertz CT molecular complexity index is 183. The molecule has 0 aromatic heterocycles. The minimum Gasteiger partial charge on any atom is -0.297 e. The standard InChI is InChI=1S/C14H26BrN/c15-11-6-12-16(14-9-5-10-14)13-7-3-1-2-4-8-13/h13-14H,1-12H2. The van der Waals surface area contributed by atoms with E-state index in [1.807, 2.05) is 0 Å². The highest BCUT2D eigenvalue weighted by Gasteiger charge is 2.30. The lowest BCUT2D eigenvalue weighted by molar-refractivity contribution is 0.0714.